The Morgan fingerprint density at radius 3 is 2.75 bits per heavy atom. The lowest BCUT2D eigenvalue weighted by Crippen LogP contribution is -2.44. The van der Waals surface area contributed by atoms with Gasteiger partial charge in [0.25, 0.3) is 0 Å². The molecule has 0 N–H and O–H groups in total. The highest BCUT2D eigenvalue weighted by Crippen LogP contribution is 2.64. The molecule has 0 amide bonds. The fraction of sp³-hybridized carbons (Fsp3) is 0.680. The fourth-order valence-electron chi connectivity index (χ4n) is 6.36. The Balaban J connectivity index is 1.58. The van der Waals surface area contributed by atoms with Crippen LogP contribution in [-0.4, -0.2) is 11.8 Å². The SMILES string of the molecule is CC(C)C(=O)OC#C[C@@H]1CC[C@H]2[C@@H]3CCC4=CC(=O)CC[C@]4(C)C3=CC[C@]12C. The van der Waals surface area contributed by atoms with Crippen molar-refractivity contribution < 1.29 is 14.3 Å². The van der Waals surface area contributed by atoms with Crippen molar-refractivity contribution >= 4 is 11.8 Å². The van der Waals surface area contributed by atoms with E-state index in [2.05, 4.69) is 32.0 Å². The number of ether oxygens (including phenoxy) is 1. The normalized spacial score (nSPS) is 39.0. The lowest BCUT2D eigenvalue weighted by atomic mass is 9.51. The lowest BCUT2D eigenvalue weighted by Gasteiger charge is -2.53. The molecule has 0 spiro atoms. The van der Waals surface area contributed by atoms with Crippen molar-refractivity contribution in [2.24, 2.45) is 34.5 Å². The van der Waals surface area contributed by atoms with Crippen LogP contribution in [-0.2, 0) is 14.3 Å². The molecule has 0 aliphatic heterocycles. The Kier molecular flexibility index (Phi) is 4.81. The number of ketones is 1. The smallest absolute Gasteiger partial charge is 0.322 e. The molecule has 4 rings (SSSR count). The van der Waals surface area contributed by atoms with Gasteiger partial charge in [0.15, 0.2) is 5.78 Å². The van der Waals surface area contributed by atoms with Crippen LogP contribution in [0.1, 0.15) is 72.6 Å². The molecular weight excluding hydrogens is 348 g/mol. The van der Waals surface area contributed by atoms with Crippen LogP contribution in [0, 0.1) is 46.5 Å². The van der Waals surface area contributed by atoms with E-state index in [4.69, 9.17) is 4.74 Å². The fourth-order valence-corrected chi connectivity index (χ4v) is 6.36. The van der Waals surface area contributed by atoms with E-state index in [9.17, 15) is 9.59 Å². The van der Waals surface area contributed by atoms with Crippen molar-refractivity contribution in [3.63, 3.8) is 0 Å². The molecule has 0 saturated heterocycles. The van der Waals surface area contributed by atoms with Gasteiger partial charge in [-0.15, -0.1) is 0 Å². The predicted molar refractivity (Wildman–Crippen MR) is 109 cm³/mol. The van der Waals surface area contributed by atoms with E-state index in [-0.39, 0.29) is 28.6 Å². The maximum absolute atomic E-state index is 11.9. The first-order valence-corrected chi connectivity index (χ1v) is 10.9. The van der Waals surface area contributed by atoms with E-state index in [1.165, 1.54) is 12.0 Å². The Hall–Kier alpha value is -1.82. The van der Waals surface area contributed by atoms with Crippen molar-refractivity contribution in [1.82, 2.24) is 0 Å². The highest BCUT2D eigenvalue weighted by Gasteiger charge is 2.55. The first-order chi connectivity index (χ1) is 13.3. The van der Waals surface area contributed by atoms with Crippen LogP contribution in [0.5, 0.6) is 0 Å². The molecule has 2 saturated carbocycles. The van der Waals surface area contributed by atoms with Crippen LogP contribution in [0.25, 0.3) is 0 Å². The van der Waals surface area contributed by atoms with Crippen LogP contribution in [0.4, 0.5) is 0 Å². The molecule has 0 aromatic rings. The van der Waals surface area contributed by atoms with Crippen molar-refractivity contribution in [3.8, 4) is 12.0 Å². The lowest BCUT2D eigenvalue weighted by molar-refractivity contribution is -0.140. The van der Waals surface area contributed by atoms with Gasteiger partial charge in [-0.1, -0.05) is 50.8 Å². The summed E-state index contributed by atoms with van der Waals surface area (Å²) in [5.41, 5.74) is 3.21. The monoisotopic (exact) mass is 380 g/mol. The summed E-state index contributed by atoms with van der Waals surface area (Å²) in [7, 11) is 0. The molecule has 0 unspecified atom stereocenters. The van der Waals surface area contributed by atoms with Gasteiger partial charge in [-0.25, -0.2) is 0 Å². The van der Waals surface area contributed by atoms with Gasteiger partial charge >= 0.3 is 5.97 Å². The third-order valence-electron chi connectivity index (χ3n) is 8.19. The van der Waals surface area contributed by atoms with Crippen molar-refractivity contribution in [2.75, 3.05) is 0 Å². The maximum Gasteiger partial charge on any atom is 0.322 e. The molecule has 3 heteroatoms. The number of fused-ring (bicyclic) bond motifs is 5. The average Bonchev–Trinajstić information content (AvgIpc) is 2.99. The quantitative estimate of drug-likeness (QED) is 0.356. The number of hydrogen-bond acceptors (Lipinski definition) is 3. The Morgan fingerprint density at radius 1 is 1.21 bits per heavy atom. The first-order valence-electron chi connectivity index (χ1n) is 10.9. The summed E-state index contributed by atoms with van der Waals surface area (Å²) in [6, 6.07) is 0. The largest absolute Gasteiger partial charge is 0.372 e. The molecule has 0 bridgehead atoms. The van der Waals surface area contributed by atoms with E-state index >= 15 is 0 Å². The summed E-state index contributed by atoms with van der Waals surface area (Å²) in [5.74, 6) is 4.75. The van der Waals surface area contributed by atoms with Gasteiger partial charge in [0.1, 0.15) is 6.11 Å². The van der Waals surface area contributed by atoms with Crippen molar-refractivity contribution in [1.29, 1.82) is 0 Å². The maximum atomic E-state index is 11.9. The molecule has 4 aliphatic rings. The third kappa shape index (κ3) is 2.97. The number of carbonyl (C=O) groups excluding carboxylic acids is 2. The van der Waals surface area contributed by atoms with E-state index < -0.39 is 0 Å². The van der Waals surface area contributed by atoms with E-state index in [0.29, 0.717) is 24.0 Å². The average molecular weight is 381 g/mol. The molecule has 0 heterocycles. The molecule has 3 nitrogen and oxygen atoms in total. The molecular formula is C25H32O3. The van der Waals surface area contributed by atoms with Gasteiger partial charge in [-0.3, -0.25) is 9.59 Å². The van der Waals surface area contributed by atoms with Gasteiger partial charge in [-0.05, 0) is 61.9 Å². The molecule has 4 aliphatic carbocycles. The minimum absolute atomic E-state index is 0.0920. The summed E-state index contributed by atoms with van der Waals surface area (Å²) < 4.78 is 5.14. The molecule has 28 heavy (non-hydrogen) atoms. The first kappa shape index (κ1) is 19.5. The summed E-state index contributed by atoms with van der Waals surface area (Å²) in [6.45, 7) is 8.41. The number of rotatable bonds is 1. The zero-order valence-electron chi connectivity index (χ0n) is 17.6. The molecule has 0 aromatic heterocycles. The number of esters is 1. The van der Waals surface area contributed by atoms with Crippen molar-refractivity contribution in [3.05, 3.63) is 23.3 Å². The molecule has 0 radical (unpaired) electrons. The van der Waals surface area contributed by atoms with Gasteiger partial charge in [0.2, 0.25) is 0 Å². The van der Waals surface area contributed by atoms with Gasteiger partial charge in [-0.2, -0.15) is 0 Å². The Bertz CT molecular complexity index is 820. The number of allylic oxidation sites excluding steroid dienone is 4. The Morgan fingerprint density at radius 2 is 2.00 bits per heavy atom. The van der Waals surface area contributed by atoms with Crippen molar-refractivity contribution in [2.45, 2.75) is 72.6 Å². The van der Waals surface area contributed by atoms with E-state index in [1.807, 2.05) is 19.9 Å². The van der Waals surface area contributed by atoms with Gasteiger partial charge < -0.3 is 4.74 Å². The van der Waals surface area contributed by atoms with Crippen LogP contribution in [0.3, 0.4) is 0 Å². The van der Waals surface area contributed by atoms with Crippen LogP contribution < -0.4 is 0 Å². The highest BCUT2D eigenvalue weighted by atomic mass is 16.5. The van der Waals surface area contributed by atoms with Crippen LogP contribution >= 0.6 is 0 Å². The predicted octanol–water partition coefficient (Wildman–Crippen LogP) is 5.21. The summed E-state index contributed by atoms with van der Waals surface area (Å²) in [6.07, 6.45) is 14.4. The minimum Gasteiger partial charge on any atom is -0.372 e. The van der Waals surface area contributed by atoms with Crippen LogP contribution in [0.15, 0.2) is 23.3 Å². The zero-order valence-corrected chi connectivity index (χ0v) is 17.6. The van der Waals surface area contributed by atoms with Gasteiger partial charge in [0.05, 0.1) is 5.92 Å². The summed E-state index contributed by atoms with van der Waals surface area (Å²) in [4.78, 5) is 23.6. The second kappa shape index (κ2) is 6.90. The third-order valence-corrected chi connectivity index (χ3v) is 8.19. The standard InChI is InChI=1S/C25H32O3/c1-16(2)23(27)28-14-11-17-6-8-21-20-7-5-18-15-19(26)9-12-25(18,4)22(20)10-13-24(17,21)3/h10,15-17,20-21H,5-9,12-13H2,1-4H3/t17-,20-,21-,24+,25-/m0/s1. The molecule has 5 atom stereocenters. The van der Waals surface area contributed by atoms with Crippen LogP contribution in [0.2, 0.25) is 0 Å². The highest BCUT2D eigenvalue weighted by molar-refractivity contribution is 5.92. The zero-order chi connectivity index (χ0) is 20.1. The van der Waals surface area contributed by atoms with E-state index in [0.717, 1.165) is 32.1 Å². The summed E-state index contributed by atoms with van der Waals surface area (Å²) in [5, 5.41) is 0. The topological polar surface area (TPSA) is 43.4 Å². The summed E-state index contributed by atoms with van der Waals surface area (Å²) >= 11 is 0. The number of hydrogen-bond donors (Lipinski definition) is 0. The molecule has 0 aromatic carbocycles. The minimum atomic E-state index is -0.246. The second-order valence-corrected chi connectivity index (χ2v) is 10.0. The second-order valence-electron chi connectivity index (χ2n) is 10.0. The number of carbonyl (C=O) groups is 2. The molecule has 150 valence electrons. The van der Waals surface area contributed by atoms with Gasteiger partial charge in [0, 0.05) is 17.8 Å². The van der Waals surface area contributed by atoms with E-state index in [1.54, 1.807) is 5.57 Å². The Labute approximate surface area is 169 Å². The molecule has 2 fully saturated rings.